The minimum Gasteiger partial charge on any atom is -0.349 e. The van der Waals surface area contributed by atoms with Gasteiger partial charge in [0.25, 0.3) is 5.91 Å². The van der Waals surface area contributed by atoms with Gasteiger partial charge in [0.2, 0.25) is 5.91 Å². The highest BCUT2D eigenvalue weighted by Gasteiger charge is 2.16. The van der Waals surface area contributed by atoms with Crippen LogP contribution < -0.4 is 10.6 Å². The zero-order valence-corrected chi connectivity index (χ0v) is 16.2. The fourth-order valence-corrected chi connectivity index (χ4v) is 3.53. The number of carbonyl (C=O) groups is 2. The van der Waals surface area contributed by atoms with Gasteiger partial charge in [-0.25, -0.2) is 0 Å². The molecule has 0 atom stereocenters. The first-order chi connectivity index (χ1) is 12.6. The van der Waals surface area contributed by atoms with Gasteiger partial charge < -0.3 is 10.6 Å². The van der Waals surface area contributed by atoms with Gasteiger partial charge in [-0.15, -0.1) is 0 Å². The standard InChI is InChI=1S/C21H33N3O2/c1-3-14-24(15-4-2)16-20(25)22-19-12-10-17(11-13-19)21(26)23-18-8-6-5-7-9-18/h10-13,18H,3-9,14-16H2,1-2H3,(H,22,25)(H,23,26). The minimum atomic E-state index is -0.0214. The summed E-state index contributed by atoms with van der Waals surface area (Å²) in [6, 6.07) is 7.47. The third-order valence-corrected chi connectivity index (χ3v) is 4.82. The van der Waals surface area contributed by atoms with Crippen LogP contribution in [0.3, 0.4) is 0 Å². The van der Waals surface area contributed by atoms with Gasteiger partial charge in [0.05, 0.1) is 6.54 Å². The van der Waals surface area contributed by atoms with Crippen LogP contribution in [0, 0.1) is 0 Å². The van der Waals surface area contributed by atoms with Crippen LogP contribution >= 0.6 is 0 Å². The number of rotatable bonds is 9. The van der Waals surface area contributed by atoms with Gasteiger partial charge in [0.15, 0.2) is 0 Å². The lowest BCUT2D eigenvalue weighted by atomic mass is 9.95. The molecule has 0 saturated heterocycles. The second-order valence-electron chi connectivity index (χ2n) is 7.21. The van der Waals surface area contributed by atoms with E-state index >= 15 is 0 Å². The summed E-state index contributed by atoms with van der Waals surface area (Å²) in [6.45, 7) is 6.52. The highest BCUT2D eigenvalue weighted by Crippen LogP contribution is 2.18. The number of nitrogens with one attached hydrogen (secondary N) is 2. The molecule has 0 unspecified atom stereocenters. The lowest BCUT2D eigenvalue weighted by molar-refractivity contribution is -0.117. The lowest BCUT2D eigenvalue weighted by Crippen LogP contribution is -2.36. The number of anilines is 1. The zero-order chi connectivity index (χ0) is 18.8. The quantitative estimate of drug-likeness (QED) is 0.705. The first kappa shape index (κ1) is 20.4. The van der Waals surface area contributed by atoms with Gasteiger partial charge in [-0.2, -0.15) is 0 Å². The third kappa shape index (κ3) is 6.79. The molecule has 144 valence electrons. The molecule has 5 nitrogen and oxygen atoms in total. The maximum absolute atomic E-state index is 12.3. The molecule has 0 bridgehead atoms. The molecule has 5 heteroatoms. The largest absolute Gasteiger partial charge is 0.349 e. The summed E-state index contributed by atoms with van der Waals surface area (Å²) in [5.74, 6) is -0.0295. The van der Waals surface area contributed by atoms with Crippen molar-refractivity contribution >= 4 is 17.5 Å². The van der Waals surface area contributed by atoms with E-state index in [1.54, 1.807) is 24.3 Å². The van der Waals surface area contributed by atoms with Crippen molar-refractivity contribution in [2.75, 3.05) is 25.0 Å². The van der Waals surface area contributed by atoms with Crippen LogP contribution in [0.15, 0.2) is 24.3 Å². The molecule has 1 saturated carbocycles. The monoisotopic (exact) mass is 359 g/mol. The zero-order valence-electron chi connectivity index (χ0n) is 16.2. The van der Waals surface area contributed by atoms with Gasteiger partial charge in [-0.1, -0.05) is 33.1 Å². The smallest absolute Gasteiger partial charge is 0.251 e. The molecular weight excluding hydrogens is 326 g/mol. The predicted molar refractivity (Wildman–Crippen MR) is 106 cm³/mol. The molecule has 1 aliphatic rings. The summed E-state index contributed by atoms with van der Waals surface area (Å²) in [5, 5.41) is 6.04. The summed E-state index contributed by atoms with van der Waals surface area (Å²) < 4.78 is 0. The highest BCUT2D eigenvalue weighted by atomic mass is 16.2. The van der Waals surface area contributed by atoms with E-state index in [0.717, 1.165) is 44.5 Å². The van der Waals surface area contributed by atoms with E-state index in [2.05, 4.69) is 29.4 Å². The van der Waals surface area contributed by atoms with E-state index in [4.69, 9.17) is 0 Å². The van der Waals surface area contributed by atoms with Crippen LogP contribution in [0.2, 0.25) is 0 Å². The first-order valence-electron chi connectivity index (χ1n) is 10.1. The van der Waals surface area contributed by atoms with Crippen LogP contribution in [0.1, 0.15) is 69.2 Å². The van der Waals surface area contributed by atoms with Crippen molar-refractivity contribution in [2.24, 2.45) is 0 Å². The maximum atomic E-state index is 12.3. The van der Waals surface area contributed by atoms with Crippen molar-refractivity contribution in [1.29, 1.82) is 0 Å². The highest BCUT2D eigenvalue weighted by molar-refractivity contribution is 5.96. The number of carbonyl (C=O) groups excluding carboxylic acids is 2. The maximum Gasteiger partial charge on any atom is 0.251 e. The van der Waals surface area contributed by atoms with Crippen LogP contribution in [0.4, 0.5) is 5.69 Å². The molecule has 0 heterocycles. The molecule has 0 spiro atoms. The van der Waals surface area contributed by atoms with Crippen molar-refractivity contribution in [3.8, 4) is 0 Å². The van der Waals surface area contributed by atoms with E-state index in [0.29, 0.717) is 18.2 Å². The van der Waals surface area contributed by atoms with Crippen LogP contribution in [-0.4, -0.2) is 42.4 Å². The SMILES string of the molecule is CCCN(CCC)CC(=O)Nc1ccc(C(=O)NC2CCCCC2)cc1. The minimum absolute atomic E-state index is 0.00805. The van der Waals surface area contributed by atoms with E-state index in [1.165, 1.54) is 19.3 Å². The first-order valence-corrected chi connectivity index (χ1v) is 10.1. The average Bonchev–Trinajstić information content (AvgIpc) is 2.63. The molecule has 26 heavy (non-hydrogen) atoms. The Kier molecular flexibility index (Phi) is 8.62. The Labute approximate surface area is 157 Å². The van der Waals surface area contributed by atoms with Gasteiger partial charge in [0, 0.05) is 17.3 Å². The fraction of sp³-hybridized carbons (Fsp3) is 0.619. The second-order valence-corrected chi connectivity index (χ2v) is 7.21. The number of amides is 2. The number of benzene rings is 1. The third-order valence-electron chi connectivity index (χ3n) is 4.82. The molecule has 2 amide bonds. The molecule has 1 aliphatic carbocycles. The average molecular weight is 360 g/mol. The Bertz CT molecular complexity index is 559. The van der Waals surface area contributed by atoms with E-state index < -0.39 is 0 Å². The summed E-state index contributed by atoms with van der Waals surface area (Å²) >= 11 is 0. The van der Waals surface area contributed by atoms with Crippen molar-refractivity contribution < 1.29 is 9.59 Å². The number of hydrogen-bond donors (Lipinski definition) is 2. The Morgan fingerprint density at radius 1 is 1.00 bits per heavy atom. The van der Waals surface area contributed by atoms with E-state index in [1.807, 2.05) is 0 Å². The molecule has 1 aromatic carbocycles. The molecule has 1 aromatic rings. The Hall–Kier alpha value is -1.88. The van der Waals surface area contributed by atoms with Crippen LogP contribution in [-0.2, 0) is 4.79 Å². The summed E-state index contributed by atoms with van der Waals surface area (Å²) in [5.41, 5.74) is 1.38. The van der Waals surface area contributed by atoms with Crippen molar-refractivity contribution in [1.82, 2.24) is 10.2 Å². The molecule has 2 N–H and O–H groups in total. The van der Waals surface area contributed by atoms with E-state index in [9.17, 15) is 9.59 Å². The molecule has 0 aliphatic heterocycles. The van der Waals surface area contributed by atoms with Crippen LogP contribution in [0.5, 0.6) is 0 Å². The molecular formula is C21H33N3O2. The lowest BCUT2D eigenvalue weighted by Gasteiger charge is -2.22. The van der Waals surface area contributed by atoms with E-state index in [-0.39, 0.29) is 11.8 Å². The van der Waals surface area contributed by atoms with Crippen molar-refractivity contribution in [3.05, 3.63) is 29.8 Å². The second kappa shape index (κ2) is 11.0. The summed E-state index contributed by atoms with van der Waals surface area (Å²) in [7, 11) is 0. The Morgan fingerprint density at radius 2 is 1.62 bits per heavy atom. The molecule has 0 radical (unpaired) electrons. The van der Waals surface area contributed by atoms with Gasteiger partial charge in [-0.05, 0) is 63.0 Å². The number of nitrogens with zero attached hydrogens (tertiary/aromatic N) is 1. The van der Waals surface area contributed by atoms with Gasteiger partial charge in [0.1, 0.15) is 0 Å². The molecule has 0 aromatic heterocycles. The fourth-order valence-electron chi connectivity index (χ4n) is 3.53. The Morgan fingerprint density at radius 3 is 2.19 bits per heavy atom. The summed E-state index contributed by atoms with van der Waals surface area (Å²) in [6.07, 6.45) is 7.90. The molecule has 1 fully saturated rings. The molecule has 2 rings (SSSR count). The topological polar surface area (TPSA) is 61.4 Å². The van der Waals surface area contributed by atoms with Crippen molar-refractivity contribution in [3.63, 3.8) is 0 Å². The van der Waals surface area contributed by atoms with Gasteiger partial charge >= 0.3 is 0 Å². The number of hydrogen-bond acceptors (Lipinski definition) is 3. The predicted octanol–water partition coefficient (Wildman–Crippen LogP) is 3.81. The normalized spacial score (nSPS) is 15.0. The Balaban J connectivity index is 1.83. The van der Waals surface area contributed by atoms with Gasteiger partial charge in [-0.3, -0.25) is 14.5 Å². The van der Waals surface area contributed by atoms with Crippen LogP contribution in [0.25, 0.3) is 0 Å². The summed E-state index contributed by atoms with van der Waals surface area (Å²) in [4.78, 5) is 26.7. The van der Waals surface area contributed by atoms with Crippen molar-refractivity contribution in [2.45, 2.75) is 64.8 Å².